The molecule has 2 heteroatoms. The Morgan fingerprint density at radius 3 is 2.37 bits per heavy atom. The van der Waals surface area contributed by atoms with Crippen LogP contribution in [0.5, 0.6) is 0 Å². The Morgan fingerprint density at radius 2 is 1.74 bits per heavy atom. The van der Waals surface area contributed by atoms with Gasteiger partial charge in [-0.3, -0.25) is 0 Å². The molecule has 1 aromatic carbocycles. The second kappa shape index (κ2) is 7.06. The second-order valence-electron chi connectivity index (χ2n) is 6.12. The maximum Gasteiger partial charge on any atom is 0.0180 e. The highest BCUT2D eigenvalue weighted by molar-refractivity contribution is 5.27. The molecule has 1 saturated carbocycles. The topological polar surface area (TPSA) is 29.3 Å². The molecule has 2 N–H and O–H groups in total. The molecule has 0 aromatic heterocycles. The van der Waals surface area contributed by atoms with Crippen LogP contribution < -0.4 is 5.73 Å². The second-order valence-corrected chi connectivity index (χ2v) is 6.12. The van der Waals surface area contributed by atoms with Crippen LogP contribution in [0.3, 0.4) is 0 Å². The van der Waals surface area contributed by atoms with E-state index in [4.69, 9.17) is 5.73 Å². The monoisotopic (exact) mass is 260 g/mol. The molecule has 0 amide bonds. The van der Waals surface area contributed by atoms with E-state index in [1.807, 2.05) is 0 Å². The zero-order valence-electron chi connectivity index (χ0n) is 12.4. The first kappa shape index (κ1) is 14.5. The van der Waals surface area contributed by atoms with Gasteiger partial charge in [0.05, 0.1) is 0 Å². The number of benzene rings is 1. The van der Waals surface area contributed by atoms with E-state index in [0.29, 0.717) is 6.54 Å². The lowest BCUT2D eigenvalue weighted by Gasteiger charge is -2.33. The van der Waals surface area contributed by atoms with Crippen molar-refractivity contribution >= 4 is 0 Å². The van der Waals surface area contributed by atoms with Crippen molar-refractivity contribution < 1.29 is 0 Å². The van der Waals surface area contributed by atoms with E-state index in [9.17, 15) is 0 Å². The number of hydrogen-bond donors (Lipinski definition) is 1. The van der Waals surface area contributed by atoms with Gasteiger partial charge in [-0.1, -0.05) is 31.2 Å². The first-order valence-corrected chi connectivity index (χ1v) is 7.67. The zero-order valence-corrected chi connectivity index (χ0v) is 12.4. The van der Waals surface area contributed by atoms with Gasteiger partial charge in [0.2, 0.25) is 0 Å². The molecule has 0 saturated heterocycles. The van der Waals surface area contributed by atoms with Crippen LogP contribution in [0.4, 0.5) is 0 Å². The Kier molecular flexibility index (Phi) is 5.41. The van der Waals surface area contributed by atoms with Crippen molar-refractivity contribution in [1.29, 1.82) is 0 Å². The Balaban J connectivity index is 1.84. The van der Waals surface area contributed by atoms with Gasteiger partial charge >= 0.3 is 0 Å². The van der Waals surface area contributed by atoms with E-state index in [2.05, 4.69) is 43.1 Å². The maximum absolute atomic E-state index is 5.80. The predicted octanol–water partition coefficient (Wildman–Crippen LogP) is 3.20. The summed E-state index contributed by atoms with van der Waals surface area (Å²) >= 11 is 0. The molecular formula is C17H28N2. The van der Waals surface area contributed by atoms with Crippen LogP contribution in [0.2, 0.25) is 0 Å². The lowest BCUT2D eigenvalue weighted by atomic mass is 9.86. The average molecular weight is 260 g/mol. The minimum Gasteiger partial charge on any atom is -0.326 e. The van der Waals surface area contributed by atoms with E-state index in [1.165, 1.54) is 36.8 Å². The Morgan fingerprint density at radius 1 is 1.11 bits per heavy atom. The molecule has 106 valence electrons. The average Bonchev–Trinajstić information content (AvgIpc) is 2.45. The molecule has 1 fully saturated rings. The zero-order chi connectivity index (χ0) is 13.7. The third-order valence-corrected chi connectivity index (χ3v) is 4.68. The summed E-state index contributed by atoms with van der Waals surface area (Å²) in [6.45, 7) is 4.19. The van der Waals surface area contributed by atoms with Crippen molar-refractivity contribution in [3.8, 4) is 0 Å². The third-order valence-electron chi connectivity index (χ3n) is 4.68. The highest BCUT2D eigenvalue weighted by atomic mass is 15.1. The van der Waals surface area contributed by atoms with Crippen molar-refractivity contribution in [3.05, 3.63) is 35.4 Å². The minimum absolute atomic E-state index is 0.654. The summed E-state index contributed by atoms with van der Waals surface area (Å²) in [5.41, 5.74) is 8.52. The third kappa shape index (κ3) is 4.05. The van der Waals surface area contributed by atoms with Gasteiger partial charge in [0.25, 0.3) is 0 Å². The lowest BCUT2D eigenvalue weighted by molar-refractivity contribution is 0.172. The fourth-order valence-electron chi connectivity index (χ4n) is 3.16. The van der Waals surface area contributed by atoms with Crippen LogP contribution in [0, 0.1) is 5.92 Å². The molecule has 1 aliphatic rings. The summed E-state index contributed by atoms with van der Waals surface area (Å²) in [7, 11) is 2.28. The Bertz CT molecular complexity index is 381. The fourth-order valence-corrected chi connectivity index (χ4v) is 3.16. The number of rotatable bonds is 5. The summed E-state index contributed by atoms with van der Waals surface area (Å²) < 4.78 is 0. The van der Waals surface area contributed by atoms with E-state index in [1.54, 1.807) is 0 Å². The van der Waals surface area contributed by atoms with Crippen molar-refractivity contribution in [1.82, 2.24) is 4.90 Å². The summed E-state index contributed by atoms with van der Waals surface area (Å²) in [6.07, 6.45) is 6.66. The number of hydrogen-bond acceptors (Lipinski definition) is 2. The minimum atomic E-state index is 0.654. The summed E-state index contributed by atoms with van der Waals surface area (Å²) in [4.78, 5) is 2.55. The van der Waals surface area contributed by atoms with Crippen LogP contribution >= 0.6 is 0 Å². The molecule has 1 aliphatic carbocycles. The van der Waals surface area contributed by atoms with Gasteiger partial charge in [-0.05, 0) is 56.2 Å². The highest BCUT2D eigenvalue weighted by Crippen LogP contribution is 2.26. The summed E-state index contributed by atoms with van der Waals surface area (Å²) in [5, 5.41) is 0. The van der Waals surface area contributed by atoms with Crippen molar-refractivity contribution in [2.45, 2.75) is 51.6 Å². The molecule has 0 radical (unpaired) electrons. The normalized spacial score (nSPS) is 23.8. The molecule has 0 atom stereocenters. The van der Waals surface area contributed by atoms with E-state index < -0.39 is 0 Å². The summed E-state index contributed by atoms with van der Waals surface area (Å²) in [6, 6.07) is 9.37. The summed E-state index contributed by atoms with van der Waals surface area (Å²) in [5.74, 6) is 0.933. The molecule has 0 bridgehead atoms. The first-order valence-electron chi connectivity index (χ1n) is 7.67. The van der Waals surface area contributed by atoms with E-state index >= 15 is 0 Å². The van der Waals surface area contributed by atoms with Crippen LogP contribution in [0.1, 0.15) is 43.7 Å². The first-order chi connectivity index (χ1) is 9.20. The smallest absolute Gasteiger partial charge is 0.0180 e. The molecule has 0 unspecified atom stereocenters. The van der Waals surface area contributed by atoms with Gasteiger partial charge in [0.1, 0.15) is 0 Å². The van der Waals surface area contributed by atoms with Gasteiger partial charge < -0.3 is 10.6 Å². The molecule has 0 aliphatic heterocycles. The molecule has 0 spiro atoms. The number of likely N-dealkylation sites (N-methyl/N-ethyl adjacent to an activating group) is 1. The lowest BCUT2D eigenvalue weighted by Crippen LogP contribution is -2.36. The molecule has 2 nitrogen and oxygen atoms in total. The maximum atomic E-state index is 5.80. The standard InChI is InChI=1S/C17H28N2/c1-14-7-9-17(10-8-14)19(2)12-11-15-5-3-4-6-16(15)13-18/h3-6,14,17H,7-13,18H2,1-2H3. The van der Waals surface area contributed by atoms with E-state index in [0.717, 1.165) is 24.9 Å². The quantitative estimate of drug-likeness (QED) is 0.881. The largest absolute Gasteiger partial charge is 0.326 e. The Hall–Kier alpha value is -0.860. The SMILES string of the molecule is CC1CCC(N(C)CCc2ccccc2CN)CC1. The van der Waals surface area contributed by atoms with Crippen LogP contribution in [0.25, 0.3) is 0 Å². The fraction of sp³-hybridized carbons (Fsp3) is 0.647. The van der Waals surface area contributed by atoms with Crippen LogP contribution in [0.15, 0.2) is 24.3 Å². The Labute approximate surface area is 118 Å². The van der Waals surface area contributed by atoms with Crippen LogP contribution in [-0.4, -0.2) is 24.5 Å². The predicted molar refractivity (Wildman–Crippen MR) is 82.1 cm³/mol. The van der Waals surface area contributed by atoms with Crippen LogP contribution in [-0.2, 0) is 13.0 Å². The molecule has 1 aromatic rings. The van der Waals surface area contributed by atoms with Gasteiger partial charge in [0, 0.05) is 19.1 Å². The molecular weight excluding hydrogens is 232 g/mol. The molecule has 2 rings (SSSR count). The molecule has 0 heterocycles. The number of nitrogens with two attached hydrogens (primary N) is 1. The van der Waals surface area contributed by atoms with Gasteiger partial charge in [-0.15, -0.1) is 0 Å². The van der Waals surface area contributed by atoms with Gasteiger partial charge in [-0.2, -0.15) is 0 Å². The highest BCUT2D eigenvalue weighted by Gasteiger charge is 2.21. The number of nitrogens with zero attached hydrogens (tertiary/aromatic N) is 1. The molecule has 19 heavy (non-hydrogen) atoms. The van der Waals surface area contributed by atoms with Gasteiger partial charge in [0.15, 0.2) is 0 Å². The van der Waals surface area contributed by atoms with Crippen molar-refractivity contribution in [3.63, 3.8) is 0 Å². The van der Waals surface area contributed by atoms with Crippen molar-refractivity contribution in [2.75, 3.05) is 13.6 Å². The van der Waals surface area contributed by atoms with Crippen molar-refractivity contribution in [2.24, 2.45) is 11.7 Å². The van der Waals surface area contributed by atoms with Gasteiger partial charge in [-0.25, -0.2) is 0 Å². The van der Waals surface area contributed by atoms with E-state index in [-0.39, 0.29) is 0 Å².